The summed E-state index contributed by atoms with van der Waals surface area (Å²) in [6.07, 6.45) is 2.17. The zero-order valence-electron chi connectivity index (χ0n) is 23.2. The highest BCUT2D eigenvalue weighted by Gasteiger charge is 2.31. The summed E-state index contributed by atoms with van der Waals surface area (Å²) in [6.45, 7) is 6.00. The minimum absolute atomic E-state index is 0.0942. The van der Waals surface area contributed by atoms with Crippen molar-refractivity contribution in [3.05, 3.63) is 75.7 Å². The summed E-state index contributed by atoms with van der Waals surface area (Å²) in [5.41, 5.74) is 3.03. The van der Waals surface area contributed by atoms with Crippen LogP contribution in [0.2, 0.25) is 0 Å². The predicted octanol–water partition coefficient (Wildman–Crippen LogP) is 3.98. The number of anilines is 2. The van der Waals surface area contributed by atoms with Crippen LogP contribution >= 0.6 is 11.3 Å². The molecular formula is C29H33N5O5S2. The van der Waals surface area contributed by atoms with Crippen molar-refractivity contribution in [3.63, 3.8) is 0 Å². The summed E-state index contributed by atoms with van der Waals surface area (Å²) in [5.74, 6) is -1.07. The van der Waals surface area contributed by atoms with E-state index in [9.17, 15) is 22.8 Å². The maximum absolute atomic E-state index is 13.5. The lowest BCUT2D eigenvalue weighted by atomic mass is 10.0. The molecule has 10 nitrogen and oxygen atoms in total. The Labute approximate surface area is 243 Å². The van der Waals surface area contributed by atoms with Crippen molar-refractivity contribution >= 4 is 49.9 Å². The number of hydrogen-bond acceptors (Lipinski definition) is 7. The summed E-state index contributed by atoms with van der Waals surface area (Å²) in [4.78, 5) is 41.6. The number of thiophene rings is 1. The molecule has 3 aromatic rings. The number of carbonyl (C=O) groups is 3. The molecule has 2 aromatic carbocycles. The van der Waals surface area contributed by atoms with E-state index in [1.54, 1.807) is 0 Å². The van der Waals surface area contributed by atoms with Crippen molar-refractivity contribution in [3.8, 4) is 0 Å². The van der Waals surface area contributed by atoms with Crippen LogP contribution in [0, 0.1) is 0 Å². The van der Waals surface area contributed by atoms with E-state index in [1.807, 2.05) is 24.3 Å². The predicted molar refractivity (Wildman–Crippen MR) is 159 cm³/mol. The second kappa shape index (κ2) is 11.6. The number of sulfonamides is 1. The minimum atomic E-state index is -3.82. The number of para-hydroxylation sites is 1. The number of benzene rings is 2. The SMILES string of the molecule is CNC(=O)NC(=O)c1c(NC(=O)c2ccc(S(=O)(=O)N3CCCc4ccccc43)cc2)sc2c1CCN(C(C)C)C2. The Hall–Kier alpha value is -3.74. The number of aryl methyl sites for hydroxylation is 1. The normalized spacial score (nSPS) is 15.2. The molecule has 0 bridgehead atoms. The highest BCUT2D eigenvalue weighted by atomic mass is 32.2. The van der Waals surface area contributed by atoms with E-state index in [0.717, 1.165) is 35.4 Å². The van der Waals surface area contributed by atoms with E-state index >= 15 is 0 Å². The molecule has 216 valence electrons. The van der Waals surface area contributed by atoms with E-state index in [4.69, 9.17) is 0 Å². The van der Waals surface area contributed by atoms with Crippen LogP contribution in [0.5, 0.6) is 0 Å². The van der Waals surface area contributed by atoms with Crippen LogP contribution in [0.1, 0.15) is 57.0 Å². The van der Waals surface area contributed by atoms with Gasteiger partial charge < -0.3 is 10.6 Å². The van der Waals surface area contributed by atoms with Crippen molar-refractivity contribution in [2.75, 3.05) is 29.8 Å². The first-order valence-corrected chi connectivity index (χ1v) is 15.8. The van der Waals surface area contributed by atoms with E-state index in [2.05, 4.69) is 34.7 Å². The van der Waals surface area contributed by atoms with Crippen LogP contribution in [0.25, 0.3) is 0 Å². The van der Waals surface area contributed by atoms with Crippen molar-refractivity contribution in [2.24, 2.45) is 0 Å². The van der Waals surface area contributed by atoms with Gasteiger partial charge in [-0.2, -0.15) is 0 Å². The Morgan fingerprint density at radius 1 is 0.951 bits per heavy atom. The van der Waals surface area contributed by atoms with Gasteiger partial charge in [0.1, 0.15) is 5.00 Å². The largest absolute Gasteiger partial charge is 0.341 e. The van der Waals surface area contributed by atoms with Gasteiger partial charge in [-0.1, -0.05) is 18.2 Å². The Morgan fingerprint density at radius 3 is 2.39 bits per heavy atom. The molecule has 0 saturated heterocycles. The second-order valence-electron chi connectivity index (χ2n) is 10.3. The lowest BCUT2D eigenvalue weighted by Gasteiger charge is -2.30. The Bertz CT molecular complexity index is 1600. The first-order chi connectivity index (χ1) is 19.6. The van der Waals surface area contributed by atoms with Crippen LogP contribution in [0.4, 0.5) is 15.5 Å². The number of hydrogen-bond donors (Lipinski definition) is 3. The summed E-state index contributed by atoms with van der Waals surface area (Å²) in [7, 11) is -2.40. The average Bonchev–Trinajstić information content (AvgIpc) is 3.33. The molecule has 0 unspecified atom stereocenters. The quantitative estimate of drug-likeness (QED) is 0.396. The highest BCUT2D eigenvalue weighted by Crippen LogP contribution is 2.38. The van der Waals surface area contributed by atoms with Crippen LogP contribution in [-0.4, -0.2) is 57.3 Å². The number of carbonyl (C=O) groups excluding carboxylic acids is 3. The summed E-state index contributed by atoms with van der Waals surface area (Å²) in [5, 5.41) is 7.89. The van der Waals surface area contributed by atoms with Crippen LogP contribution in [-0.2, 0) is 29.4 Å². The molecule has 0 saturated carbocycles. The van der Waals surface area contributed by atoms with E-state index in [-0.39, 0.29) is 16.0 Å². The van der Waals surface area contributed by atoms with Gasteiger partial charge in [-0.05, 0) is 74.6 Å². The van der Waals surface area contributed by atoms with Gasteiger partial charge in [0.15, 0.2) is 0 Å². The fraction of sp³-hybridized carbons (Fsp3) is 0.345. The molecular weight excluding hydrogens is 562 g/mol. The first-order valence-electron chi connectivity index (χ1n) is 13.5. The summed E-state index contributed by atoms with van der Waals surface area (Å²) >= 11 is 1.32. The topological polar surface area (TPSA) is 128 Å². The second-order valence-corrected chi connectivity index (χ2v) is 13.3. The maximum Gasteiger partial charge on any atom is 0.321 e. The third-order valence-corrected chi connectivity index (χ3v) is 10.5. The average molecular weight is 596 g/mol. The highest BCUT2D eigenvalue weighted by molar-refractivity contribution is 7.92. The molecule has 1 aromatic heterocycles. The molecule has 0 atom stereocenters. The number of urea groups is 1. The van der Waals surface area contributed by atoms with E-state index in [1.165, 1.54) is 47.0 Å². The molecule has 4 amide bonds. The van der Waals surface area contributed by atoms with Crippen molar-refractivity contribution < 1.29 is 22.8 Å². The fourth-order valence-electron chi connectivity index (χ4n) is 5.25. The zero-order chi connectivity index (χ0) is 29.3. The van der Waals surface area contributed by atoms with Crippen molar-refractivity contribution in [2.45, 2.75) is 50.6 Å². The zero-order valence-corrected chi connectivity index (χ0v) is 24.8. The van der Waals surface area contributed by atoms with Crippen LogP contribution in [0.3, 0.4) is 0 Å². The smallest absolute Gasteiger partial charge is 0.321 e. The van der Waals surface area contributed by atoms with Gasteiger partial charge in [-0.15, -0.1) is 11.3 Å². The number of imide groups is 1. The van der Waals surface area contributed by atoms with Gasteiger partial charge in [0.05, 0.1) is 16.1 Å². The maximum atomic E-state index is 13.5. The Kier molecular flexibility index (Phi) is 8.16. The lowest BCUT2D eigenvalue weighted by molar-refractivity contribution is 0.0963. The number of amides is 4. The third kappa shape index (κ3) is 5.72. The molecule has 5 rings (SSSR count). The van der Waals surface area contributed by atoms with Crippen molar-refractivity contribution in [1.82, 2.24) is 15.5 Å². The molecule has 3 N–H and O–H groups in total. The van der Waals surface area contributed by atoms with Crippen LogP contribution < -0.4 is 20.3 Å². The minimum Gasteiger partial charge on any atom is -0.341 e. The summed E-state index contributed by atoms with van der Waals surface area (Å²) in [6, 6.07) is 13.0. The number of nitrogens with one attached hydrogen (secondary N) is 3. The summed E-state index contributed by atoms with van der Waals surface area (Å²) < 4.78 is 28.4. The number of rotatable bonds is 6. The monoisotopic (exact) mass is 595 g/mol. The van der Waals surface area contributed by atoms with Crippen molar-refractivity contribution in [1.29, 1.82) is 0 Å². The molecule has 2 aliphatic heterocycles. The molecule has 12 heteroatoms. The Morgan fingerprint density at radius 2 is 1.68 bits per heavy atom. The van der Waals surface area contributed by atoms with Gasteiger partial charge in [0.2, 0.25) is 0 Å². The molecule has 2 aliphatic rings. The molecule has 3 heterocycles. The molecule has 0 radical (unpaired) electrons. The molecule has 0 fully saturated rings. The van der Waals surface area contributed by atoms with Gasteiger partial charge in [-0.3, -0.25) is 24.1 Å². The van der Waals surface area contributed by atoms with Crippen LogP contribution in [0.15, 0.2) is 53.4 Å². The molecule has 41 heavy (non-hydrogen) atoms. The van der Waals surface area contributed by atoms with Gasteiger partial charge in [-0.25, -0.2) is 13.2 Å². The molecule has 0 aliphatic carbocycles. The number of nitrogens with zero attached hydrogens (tertiary/aromatic N) is 2. The van der Waals surface area contributed by atoms with Gasteiger partial charge >= 0.3 is 6.03 Å². The van der Waals surface area contributed by atoms with E-state index in [0.29, 0.717) is 36.2 Å². The number of fused-ring (bicyclic) bond motifs is 2. The fourth-order valence-corrected chi connectivity index (χ4v) is 8.06. The Balaban J connectivity index is 1.39. The third-order valence-electron chi connectivity index (χ3n) is 7.50. The molecule has 0 spiro atoms. The first kappa shape index (κ1) is 28.8. The van der Waals surface area contributed by atoms with Gasteiger partial charge in [0, 0.05) is 43.2 Å². The van der Waals surface area contributed by atoms with E-state index < -0.39 is 27.9 Å². The standard InChI is InChI=1S/C29H33N5O5S2/c1-18(2)33-16-14-22-24(17-33)40-28(25(22)27(36)32-29(37)30-3)31-26(35)20-10-12-21(13-11-20)41(38,39)34-15-6-8-19-7-4-5-9-23(19)34/h4-5,7,9-13,18H,6,8,14-17H2,1-3H3,(H,31,35)(H2,30,32,36,37). The van der Waals surface area contributed by atoms with Gasteiger partial charge in [0.25, 0.3) is 21.8 Å². The lowest BCUT2D eigenvalue weighted by Crippen LogP contribution is -2.39.